The van der Waals surface area contributed by atoms with E-state index in [-0.39, 0.29) is 137 Å². The number of hydrogen-bond acceptors (Lipinski definition) is 30. The number of nitrogens with one attached hydrogen (secondary N) is 3. The van der Waals surface area contributed by atoms with Crippen LogP contribution in [0.15, 0.2) is 35.3 Å². The summed E-state index contributed by atoms with van der Waals surface area (Å²) in [4.78, 5) is 145. The number of Topliss-reactive ketones (excluding diaryl/α,β-unsaturated/α-hetero) is 1. The molecule has 3 heterocycles. The first-order valence-corrected chi connectivity index (χ1v) is 35.8. The molecule has 16 unspecified atom stereocenters. The first-order chi connectivity index (χ1) is 50.3. The van der Waals surface area contributed by atoms with Crippen LogP contribution in [0.1, 0.15) is 126 Å². The molecular weight excluding hydrogens is 1390 g/mol. The van der Waals surface area contributed by atoms with Gasteiger partial charge in [0.25, 0.3) is 0 Å². The Kier molecular flexibility index (Phi) is 43.2. The first kappa shape index (κ1) is 90.2. The van der Waals surface area contributed by atoms with Crippen molar-refractivity contribution >= 4 is 71.4 Å². The molecule has 3 aliphatic heterocycles. The number of carbonyl (C=O) groups excluding carboxylic acids is 11. The van der Waals surface area contributed by atoms with E-state index in [4.69, 9.17) is 85.3 Å². The smallest absolute Gasteiger partial charge is 0.303 e. The summed E-state index contributed by atoms with van der Waals surface area (Å²) in [6, 6.07) is 6.71. The van der Waals surface area contributed by atoms with Crippen molar-refractivity contribution in [2.45, 2.75) is 195 Å². The van der Waals surface area contributed by atoms with E-state index in [1.807, 2.05) is 20.8 Å². The minimum Gasteiger partial charge on any atom is -0.458 e. The highest BCUT2D eigenvalue weighted by atomic mass is 16.7. The summed E-state index contributed by atoms with van der Waals surface area (Å²) < 4.78 is 103. The molecule has 34 heteroatoms. The minimum absolute atomic E-state index is 0.0130. The molecule has 34 nitrogen and oxygen atoms in total. The van der Waals surface area contributed by atoms with Crippen molar-refractivity contribution < 1.29 is 138 Å². The lowest BCUT2D eigenvalue weighted by Gasteiger charge is -2.43. The van der Waals surface area contributed by atoms with E-state index in [0.29, 0.717) is 19.3 Å². The summed E-state index contributed by atoms with van der Waals surface area (Å²) >= 11 is 0. The van der Waals surface area contributed by atoms with E-state index in [0.717, 1.165) is 11.1 Å². The SMILES string of the molecule is CCC1OC(OCCOCCOCCNC(=O)CCC(N=CC(=O)c2ccccc2)C(=O)N(CC(=O)NCCOCCOCCOC2OC(CC)C(OC(C)=O)C(OC(C)=O)C2C)CC(=O)NCCOCCOCCOC2OC(CC)C(OC(C)=O)C(OC(C)=O)C2C)C(C)C(OC(C)=O)C1OC(C)=O. The Morgan fingerprint density at radius 3 is 1.03 bits per heavy atom. The highest BCUT2D eigenvalue weighted by Crippen LogP contribution is 2.35. The number of carbonyl (C=O) groups is 11. The van der Waals surface area contributed by atoms with Gasteiger partial charge in [-0.3, -0.25) is 57.7 Å². The number of aliphatic imine (C=N–C) groups is 1. The molecular formula is C71H111N5O29. The van der Waals surface area contributed by atoms with Gasteiger partial charge in [-0.2, -0.15) is 0 Å². The second-order valence-corrected chi connectivity index (χ2v) is 25.0. The molecule has 0 aromatic heterocycles. The van der Waals surface area contributed by atoms with Gasteiger partial charge in [-0.05, 0) is 25.7 Å². The Morgan fingerprint density at radius 1 is 0.419 bits per heavy atom. The predicted octanol–water partition coefficient (Wildman–Crippen LogP) is 2.32. The molecule has 105 heavy (non-hydrogen) atoms. The monoisotopic (exact) mass is 1500 g/mol. The summed E-state index contributed by atoms with van der Waals surface area (Å²) in [5.41, 5.74) is 0.268. The van der Waals surface area contributed by atoms with E-state index in [9.17, 15) is 52.7 Å². The average Bonchev–Trinajstić information content (AvgIpc) is 0.811. The topological polar surface area (TPSA) is 406 Å². The molecule has 594 valence electrons. The van der Waals surface area contributed by atoms with Gasteiger partial charge < -0.3 is 106 Å². The van der Waals surface area contributed by atoms with Crippen LogP contribution >= 0.6 is 0 Å². The molecule has 0 aliphatic carbocycles. The summed E-state index contributed by atoms with van der Waals surface area (Å²) in [6.07, 6.45) is -7.08. The third-order valence-corrected chi connectivity index (χ3v) is 16.6. The van der Waals surface area contributed by atoms with Crippen LogP contribution in [0.2, 0.25) is 0 Å². The van der Waals surface area contributed by atoms with E-state index >= 15 is 0 Å². The van der Waals surface area contributed by atoms with Crippen LogP contribution in [0, 0.1) is 17.8 Å². The average molecular weight is 1500 g/mol. The highest BCUT2D eigenvalue weighted by Gasteiger charge is 2.50. The Morgan fingerprint density at radius 2 is 0.714 bits per heavy atom. The van der Waals surface area contributed by atoms with Crippen molar-refractivity contribution in [1.82, 2.24) is 20.9 Å². The van der Waals surface area contributed by atoms with Crippen LogP contribution in [0.25, 0.3) is 0 Å². The number of rotatable bonds is 50. The third kappa shape index (κ3) is 34.1. The second kappa shape index (κ2) is 50.4. The van der Waals surface area contributed by atoms with E-state index in [1.165, 1.54) is 41.5 Å². The van der Waals surface area contributed by atoms with Gasteiger partial charge in [0, 0.05) is 90.9 Å². The number of hydrogen-bond donors (Lipinski definition) is 3. The van der Waals surface area contributed by atoms with Gasteiger partial charge in [0.1, 0.15) is 55.8 Å². The fourth-order valence-corrected chi connectivity index (χ4v) is 11.5. The van der Waals surface area contributed by atoms with Gasteiger partial charge in [0.05, 0.1) is 105 Å². The molecule has 3 N–H and O–H groups in total. The summed E-state index contributed by atoms with van der Waals surface area (Å²) in [6.45, 7) is 19.0. The zero-order valence-electron chi connectivity index (χ0n) is 62.6. The lowest BCUT2D eigenvalue weighted by Crippen LogP contribution is -2.57. The van der Waals surface area contributed by atoms with E-state index in [1.54, 1.807) is 51.1 Å². The zero-order valence-corrected chi connectivity index (χ0v) is 62.6. The fraction of sp³-hybridized carbons (Fsp3) is 0.746. The minimum atomic E-state index is -1.42. The number of ketones is 1. The van der Waals surface area contributed by atoms with Crippen LogP contribution < -0.4 is 16.0 Å². The lowest BCUT2D eigenvalue weighted by atomic mass is 9.90. The molecule has 4 rings (SSSR count). The molecule has 0 saturated carbocycles. The van der Waals surface area contributed by atoms with Crippen LogP contribution in [0.5, 0.6) is 0 Å². The highest BCUT2D eigenvalue weighted by molar-refractivity contribution is 6.35. The van der Waals surface area contributed by atoms with Crippen LogP contribution in [-0.4, -0.2) is 288 Å². The van der Waals surface area contributed by atoms with Crippen molar-refractivity contribution in [3.63, 3.8) is 0 Å². The summed E-state index contributed by atoms with van der Waals surface area (Å²) in [5.74, 6) is -7.89. The molecule has 0 spiro atoms. The lowest BCUT2D eigenvalue weighted by molar-refractivity contribution is -0.285. The molecule has 1 aromatic rings. The number of benzene rings is 1. The van der Waals surface area contributed by atoms with Gasteiger partial charge >= 0.3 is 35.8 Å². The van der Waals surface area contributed by atoms with Crippen molar-refractivity contribution in [3.8, 4) is 0 Å². The molecule has 16 atom stereocenters. The van der Waals surface area contributed by atoms with Crippen molar-refractivity contribution in [2.75, 3.05) is 132 Å². The molecule has 1 aromatic carbocycles. The van der Waals surface area contributed by atoms with Gasteiger partial charge in [-0.25, -0.2) is 0 Å². The van der Waals surface area contributed by atoms with Crippen LogP contribution in [0.3, 0.4) is 0 Å². The van der Waals surface area contributed by atoms with Gasteiger partial charge in [-0.1, -0.05) is 71.9 Å². The molecule has 0 bridgehead atoms. The maximum absolute atomic E-state index is 14.6. The van der Waals surface area contributed by atoms with Crippen molar-refractivity contribution in [3.05, 3.63) is 35.9 Å². The molecule has 3 saturated heterocycles. The summed E-state index contributed by atoms with van der Waals surface area (Å²) in [5, 5.41) is 8.09. The Bertz CT molecular complexity index is 2760. The fourth-order valence-electron chi connectivity index (χ4n) is 11.5. The third-order valence-electron chi connectivity index (χ3n) is 16.6. The Balaban J connectivity index is 1.29. The maximum atomic E-state index is 14.6. The van der Waals surface area contributed by atoms with Crippen molar-refractivity contribution in [2.24, 2.45) is 22.7 Å². The van der Waals surface area contributed by atoms with Crippen LogP contribution in [0.4, 0.5) is 0 Å². The number of esters is 6. The summed E-state index contributed by atoms with van der Waals surface area (Å²) in [7, 11) is 0. The maximum Gasteiger partial charge on any atom is 0.303 e. The zero-order chi connectivity index (χ0) is 77.2. The largest absolute Gasteiger partial charge is 0.458 e. The van der Waals surface area contributed by atoms with E-state index in [2.05, 4.69) is 20.9 Å². The molecule has 4 amide bonds. The Hall–Kier alpha value is -7.22. The van der Waals surface area contributed by atoms with Gasteiger partial charge in [-0.15, -0.1) is 0 Å². The number of nitrogens with zero attached hydrogens (tertiary/aromatic N) is 2. The molecule has 3 aliphatic rings. The molecule has 0 radical (unpaired) electrons. The number of ether oxygens (including phenoxy) is 18. The molecule has 3 fully saturated rings. The van der Waals surface area contributed by atoms with Crippen molar-refractivity contribution in [1.29, 1.82) is 0 Å². The number of amides is 4. The quantitative estimate of drug-likeness (QED) is 0.0277. The van der Waals surface area contributed by atoms with Crippen LogP contribution in [-0.2, 0) is 133 Å². The van der Waals surface area contributed by atoms with Gasteiger partial charge in [0.2, 0.25) is 29.4 Å². The Labute approximate surface area is 613 Å². The first-order valence-electron chi connectivity index (χ1n) is 35.8. The van der Waals surface area contributed by atoms with Gasteiger partial charge in [0.15, 0.2) is 37.2 Å². The van der Waals surface area contributed by atoms with E-state index < -0.39 is 176 Å². The normalized spacial score (nSPS) is 24.7. The second-order valence-electron chi connectivity index (χ2n) is 25.0. The standard InChI is InChI=1S/C71H111N5O29/c1-13-56-65(100-50(10)80)62(97-47(7)77)44(4)69(103-56)94-38-35-91-32-29-88-26-23-72-59(84)22-21-54(75-41-55(83)53-19-17-16-18-20-53)68(87)76(42-60(85)73-24-27-89-30-33-92-36-39-95-70-45(5)63(98-48(8)78)66(101-51(11)81)57(14-2)104-70)43-61(86)74-25-28-90-31-34-93-37-40-96-71-46(6)64(99-49(9)79)67(102-52(12)82)58(15-3)105-71/h16-20,41,44-46,54,56-58,62-67,69-71H,13-15,21-40,42-43H2,1-12H3,(H,72,84)(H,73,85)(H,74,86). The predicted molar refractivity (Wildman–Crippen MR) is 368 cm³/mol.